The Labute approximate surface area is 215 Å². The highest BCUT2D eigenvalue weighted by molar-refractivity contribution is 6.15. The van der Waals surface area contributed by atoms with E-state index in [1.54, 1.807) is 6.07 Å². The molecule has 1 aliphatic heterocycles. The third kappa shape index (κ3) is 3.98. The van der Waals surface area contributed by atoms with Gasteiger partial charge in [0.2, 0.25) is 0 Å². The standard InChI is InChI=1S/C27H24F4N4O3/c1-4-5-7-15-10-16-24-14(12-32-26(16)33-15)13-34(25-22(30)19(37-2)11-20(38-3)23(25)31)27(36)35(24)18-9-6-8-17(28)21(18)29/h6,8-12H,4-5,7,13H2,1-3H3,(H,32,33). The van der Waals surface area contributed by atoms with E-state index in [1.807, 2.05) is 0 Å². The van der Waals surface area contributed by atoms with Crippen LogP contribution >= 0.6 is 0 Å². The fourth-order valence-corrected chi connectivity index (χ4v) is 4.67. The number of hydrogen-bond acceptors (Lipinski definition) is 4. The average molecular weight is 529 g/mol. The van der Waals surface area contributed by atoms with Gasteiger partial charge in [-0.3, -0.25) is 9.80 Å². The largest absolute Gasteiger partial charge is 0.493 e. The third-order valence-corrected chi connectivity index (χ3v) is 6.53. The summed E-state index contributed by atoms with van der Waals surface area (Å²) in [6.07, 6.45) is 4.01. The molecule has 2 aromatic carbocycles. The number of anilines is 3. The number of urea groups is 1. The molecular formula is C27H24F4N4O3. The molecule has 0 unspecified atom stereocenters. The Morgan fingerprint density at radius 3 is 2.37 bits per heavy atom. The van der Waals surface area contributed by atoms with E-state index in [1.165, 1.54) is 32.5 Å². The summed E-state index contributed by atoms with van der Waals surface area (Å²) in [4.78, 5) is 23.3. The van der Waals surface area contributed by atoms with Crippen molar-refractivity contribution in [3.8, 4) is 11.5 Å². The number of methoxy groups -OCH3 is 2. The van der Waals surface area contributed by atoms with Crippen LogP contribution in [0.3, 0.4) is 0 Å². The highest BCUT2D eigenvalue weighted by Crippen LogP contribution is 2.45. The van der Waals surface area contributed by atoms with Gasteiger partial charge in [0.25, 0.3) is 0 Å². The molecule has 5 rings (SSSR count). The highest BCUT2D eigenvalue weighted by Gasteiger charge is 2.39. The molecule has 0 saturated heterocycles. The van der Waals surface area contributed by atoms with Crippen LogP contribution in [0.5, 0.6) is 11.5 Å². The molecule has 2 amide bonds. The summed E-state index contributed by atoms with van der Waals surface area (Å²) in [6, 6.07) is 5.21. The number of nitrogens with zero attached hydrogens (tertiary/aromatic N) is 3. The van der Waals surface area contributed by atoms with Crippen molar-refractivity contribution in [1.82, 2.24) is 9.97 Å². The van der Waals surface area contributed by atoms with Gasteiger partial charge in [-0.2, -0.15) is 0 Å². The van der Waals surface area contributed by atoms with Crippen molar-refractivity contribution in [2.24, 2.45) is 0 Å². The fraction of sp³-hybridized carbons (Fsp3) is 0.259. The van der Waals surface area contributed by atoms with Gasteiger partial charge in [0.1, 0.15) is 11.3 Å². The molecule has 38 heavy (non-hydrogen) atoms. The summed E-state index contributed by atoms with van der Waals surface area (Å²) >= 11 is 0. The van der Waals surface area contributed by atoms with Crippen LogP contribution in [0.4, 0.5) is 39.4 Å². The Kier molecular flexibility index (Phi) is 6.60. The second-order valence-electron chi connectivity index (χ2n) is 8.83. The Bertz CT molecular complexity index is 1530. The normalized spacial score (nSPS) is 13.3. The lowest BCUT2D eigenvalue weighted by Gasteiger charge is -2.37. The van der Waals surface area contributed by atoms with E-state index in [0.717, 1.165) is 46.9 Å². The Morgan fingerprint density at radius 1 is 1.00 bits per heavy atom. The lowest BCUT2D eigenvalue weighted by molar-refractivity contribution is 0.251. The van der Waals surface area contributed by atoms with Gasteiger partial charge in [-0.1, -0.05) is 19.4 Å². The number of halogens is 4. The number of fused-ring (bicyclic) bond motifs is 3. The summed E-state index contributed by atoms with van der Waals surface area (Å²) in [5, 5.41) is 0.495. The van der Waals surface area contributed by atoms with Crippen molar-refractivity contribution >= 4 is 34.1 Å². The molecule has 0 aliphatic carbocycles. The molecule has 0 radical (unpaired) electrons. The summed E-state index contributed by atoms with van der Waals surface area (Å²) in [5.41, 5.74) is 0.736. The molecule has 0 fully saturated rings. The predicted molar refractivity (Wildman–Crippen MR) is 134 cm³/mol. The molecule has 0 saturated carbocycles. The number of hydrogen-bond donors (Lipinski definition) is 1. The Hall–Kier alpha value is -4.28. The number of aryl methyl sites for hydroxylation is 1. The molecule has 1 aliphatic rings. The Balaban J connectivity index is 1.77. The zero-order valence-electron chi connectivity index (χ0n) is 20.9. The monoisotopic (exact) mass is 528 g/mol. The number of aromatic amines is 1. The van der Waals surface area contributed by atoms with E-state index in [-0.39, 0.29) is 23.7 Å². The van der Waals surface area contributed by atoms with Gasteiger partial charge in [-0.15, -0.1) is 0 Å². The molecule has 0 bridgehead atoms. The first-order valence-corrected chi connectivity index (χ1v) is 12.0. The minimum atomic E-state index is -1.29. The quantitative estimate of drug-likeness (QED) is 0.269. The van der Waals surface area contributed by atoms with Crippen molar-refractivity contribution in [2.75, 3.05) is 24.0 Å². The van der Waals surface area contributed by atoms with Crippen LogP contribution < -0.4 is 19.3 Å². The van der Waals surface area contributed by atoms with Gasteiger partial charge < -0.3 is 14.5 Å². The fourth-order valence-electron chi connectivity index (χ4n) is 4.67. The van der Waals surface area contributed by atoms with E-state index >= 15 is 13.2 Å². The number of pyridine rings is 1. The number of aromatic nitrogens is 2. The lowest BCUT2D eigenvalue weighted by atomic mass is 10.1. The molecule has 2 aromatic heterocycles. The molecule has 0 atom stereocenters. The number of amides is 2. The van der Waals surface area contributed by atoms with Gasteiger partial charge in [0, 0.05) is 28.9 Å². The molecule has 198 valence electrons. The maximum absolute atomic E-state index is 15.4. The molecule has 11 heteroatoms. The maximum Gasteiger partial charge on any atom is 0.334 e. The number of H-pyrrole nitrogens is 1. The van der Waals surface area contributed by atoms with E-state index in [0.29, 0.717) is 16.6 Å². The first-order chi connectivity index (χ1) is 18.3. The molecule has 4 aromatic rings. The van der Waals surface area contributed by atoms with Gasteiger partial charge >= 0.3 is 6.03 Å². The highest BCUT2D eigenvalue weighted by atomic mass is 19.2. The zero-order valence-corrected chi connectivity index (χ0v) is 20.9. The number of nitrogens with one attached hydrogen (secondary N) is 1. The molecule has 7 nitrogen and oxygen atoms in total. The van der Waals surface area contributed by atoms with Crippen LogP contribution in [0.2, 0.25) is 0 Å². The average Bonchev–Trinajstić information content (AvgIpc) is 3.33. The van der Waals surface area contributed by atoms with Crippen LogP contribution in [0.25, 0.3) is 11.0 Å². The van der Waals surface area contributed by atoms with E-state index in [9.17, 15) is 9.18 Å². The molecular weight excluding hydrogens is 504 g/mol. The number of rotatable bonds is 7. The van der Waals surface area contributed by atoms with E-state index in [2.05, 4.69) is 16.9 Å². The first-order valence-electron chi connectivity index (χ1n) is 12.0. The smallest absolute Gasteiger partial charge is 0.334 e. The van der Waals surface area contributed by atoms with Gasteiger partial charge in [0.15, 0.2) is 34.8 Å². The maximum atomic E-state index is 15.4. The van der Waals surface area contributed by atoms with Gasteiger partial charge in [-0.05, 0) is 31.0 Å². The molecule has 0 spiro atoms. The van der Waals surface area contributed by atoms with Crippen LogP contribution in [-0.2, 0) is 13.0 Å². The molecule has 3 heterocycles. The van der Waals surface area contributed by atoms with Crippen molar-refractivity contribution in [2.45, 2.75) is 32.7 Å². The van der Waals surface area contributed by atoms with Crippen LogP contribution in [0.1, 0.15) is 31.0 Å². The lowest BCUT2D eigenvalue weighted by Crippen LogP contribution is -2.46. The number of ether oxygens (including phenoxy) is 2. The van der Waals surface area contributed by atoms with Crippen LogP contribution in [-0.4, -0.2) is 30.2 Å². The van der Waals surface area contributed by atoms with Crippen LogP contribution in [0.15, 0.2) is 36.5 Å². The van der Waals surface area contributed by atoms with Crippen molar-refractivity contribution in [3.63, 3.8) is 0 Å². The number of unbranched alkanes of at least 4 members (excludes halogenated alkanes) is 1. The first kappa shape index (κ1) is 25.4. The van der Waals surface area contributed by atoms with E-state index < -0.39 is 40.7 Å². The van der Waals surface area contributed by atoms with Crippen LogP contribution in [0, 0.1) is 23.3 Å². The van der Waals surface area contributed by atoms with Crippen molar-refractivity contribution < 1.29 is 31.8 Å². The van der Waals surface area contributed by atoms with E-state index in [4.69, 9.17) is 9.47 Å². The van der Waals surface area contributed by atoms with Crippen molar-refractivity contribution in [1.29, 1.82) is 0 Å². The SMILES string of the molecule is CCCCc1cc2c3c(cnc2[nH]1)CN(c1c(F)c(OC)cc(OC)c1F)C(=O)N3c1cccc(F)c1F. The molecule has 1 N–H and O–H groups in total. The predicted octanol–water partition coefficient (Wildman–Crippen LogP) is 6.76. The number of carbonyl (C=O) groups excluding carboxylic acids is 1. The van der Waals surface area contributed by atoms with Gasteiger partial charge in [0.05, 0.1) is 32.1 Å². The summed E-state index contributed by atoms with van der Waals surface area (Å²) < 4.78 is 70.4. The summed E-state index contributed by atoms with van der Waals surface area (Å²) in [6.45, 7) is 1.75. The summed E-state index contributed by atoms with van der Waals surface area (Å²) in [5.74, 6) is -5.50. The Morgan fingerprint density at radius 2 is 1.71 bits per heavy atom. The second kappa shape index (κ2) is 9.88. The minimum Gasteiger partial charge on any atom is -0.493 e. The van der Waals surface area contributed by atoms with Crippen molar-refractivity contribution in [3.05, 3.63) is 71.1 Å². The third-order valence-electron chi connectivity index (χ3n) is 6.53. The summed E-state index contributed by atoms with van der Waals surface area (Å²) in [7, 11) is 2.37. The number of carbonyl (C=O) groups is 1. The zero-order chi connectivity index (χ0) is 27.1. The van der Waals surface area contributed by atoms with Gasteiger partial charge in [-0.25, -0.2) is 27.3 Å². The topological polar surface area (TPSA) is 70.7 Å². The second-order valence-corrected chi connectivity index (χ2v) is 8.83. The minimum absolute atomic E-state index is 0.246. The number of benzene rings is 2.